The molecule has 4 rings (SSSR count). The summed E-state index contributed by atoms with van der Waals surface area (Å²) in [4.78, 5) is 15.0. The Labute approximate surface area is 148 Å². The van der Waals surface area contributed by atoms with E-state index in [0.29, 0.717) is 0 Å². The molecule has 1 N–H and O–H groups in total. The van der Waals surface area contributed by atoms with Crippen LogP contribution in [0.2, 0.25) is 0 Å². The first-order chi connectivity index (χ1) is 12.3. The Morgan fingerprint density at radius 3 is 2.64 bits per heavy atom. The molecule has 1 fully saturated rings. The Hall–Kier alpha value is -2.17. The lowest BCUT2D eigenvalue weighted by Gasteiger charge is -2.26. The predicted molar refractivity (Wildman–Crippen MR) is 98.7 cm³/mol. The van der Waals surface area contributed by atoms with Gasteiger partial charge in [0.2, 0.25) is 5.91 Å². The van der Waals surface area contributed by atoms with Crippen LogP contribution in [-0.2, 0) is 22.5 Å². The van der Waals surface area contributed by atoms with Crippen molar-refractivity contribution in [2.75, 3.05) is 31.6 Å². The minimum absolute atomic E-state index is 0.0239. The number of anilines is 1. The Balaban J connectivity index is 1.37. The van der Waals surface area contributed by atoms with Crippen molar-refractivity contribution in [3.8, 4) is 0 Å². The molecule has 2 aliphatic rings. The molecule has 1 heterocycles. The molecule has 1 aliphatic heterocycles. The quantitative estimate of drug-likeness (QED) is 0.932. The van der Waals surface area contributed by atoms with Crippen LogP contribution in [0.1, 0.15) is 29.0 Å². The van der Waals surface area contributed by atoms with Gasteiger partial charge in [0.05, 0.1) is 19.1 Å². The van der Waals surface area contributed by atoms with Crippen molar-refractivity contribution >= 4 is 11.6 Å². The summed E-state index contributed by atoms with van der Waals surface area (Å²) >= 11 is 0. The summed E-state index contributed by atoms with van der Waals surface area (Å²) < 4.78 is 5.38. The SMILES string of the molecule is O=C(Nc1ccc(CN2CCOCC2)cc1)[C@@H]1CCc2ccccc21. The Kier molecular flexibility index (Phi) is 4.81. The summed E-state index contributed by atoms with van der Waals surface area (Å²) in [6.07, 6.45) is 1.90. The second kappa shape index (κ2) is 7.38. The van der Waals surface area contributed by atoms with Crippen LogP contribution >= 0.6 is 0 Å². The number of morpholine rings is 1. The molecule has 1 saturated heterocycles. The maximum atomic E-state index is 12.6. The Morgan fingerprint density at radius 2 is 1.84 bits per heavy atom. The van der Waals surface area contributed by atoms with Crippen molar-refractivity contribution in [1.29, 1.82) is 0 Å². The maximum absolute atomic E-state index is 12.6. The van der Waals surface area contributed by atoms with Crippen LogP contribution in [0.3, 0.4) is 0 Å². The van der Waals surface area contributed by atoms with E-state index in [-0.39, 0.29) is 11.8 Å². The van der Waals surface area contributed by atoms with Crippen LogP contribution in [0.15, 0.2) is 48.5 Å². The molecular formula is C21H24N2O2. The average Bonchev–Trinajstić information content (AvgIpc) is 3.08. The highest BCUT2D eigenvalue weighted by molar-refractivity contribution is 5.96. The van der Waals surface area contributed by atoms with Gasteiger partial charge in [-0.1, -0.05) is 36.4 Å². The molecule has 0 aromatic heterocycles. The summed E-state index contributed by atoms with van der Waals surface area (Å²) in [5.74, 6) is 0.0788. The molecule has 1 aliphatic carbocycles. The minimum Gasteiger partial charge on any atom is -0.379 e. The molecule has 25 heavy (non-hydrogen) atoms. The average molecular weight is 336 g/mol. The number of amides is 1. The number of nitrogens with one attached hydrogen (secondary N) is 1. The Bertz CT molecular complexity index is 736. The number of hydrogen-bond acceptors (Lipinski definition) is 3. The van der Waals surface area contributed by atoms with Crippen LogP contribution in [0.5, 0.6) is 0 Å². The fourth-order valence-electron chi connectivity index (χ4n) is 3.77. The number of aryl methyl sites for hydroxylation is 1. The van der Waals surface area contributed by atoms with E-state index in [1.807, 2.05) is 24.3 Å². The van der Waals surface area contributed by atoms with Crippen LogP contribution < -0.4 is 5.32 Å². The first-order valence-corrected chi connectivity index (χ1v) is 9.07. The van der Waals surface area contributed by atoms with Gasteiger partial charge in [0.1, 0.15) is 0 Å². The van der Waals surface area contributed by atoms with Gasteiger partial charge < -0.3 is 10.1 Å². The van der Waals surface area contributed by atoms with Gasteiger partial charge in [-0.05, 0) is 41.7 Å². The molecule has 4 nitrogen and oxygen atoms in total. The van der Waals surface area contributed by atoms with Gasteiger partial charge in [-0.2, -0.15) is 0 Å². The molecule has 2 aromatic rings. The van der Waals surface area contributed by atoms with Gasteiger partial charge in [-0.3, -0.25) is 9.69 Å². The van der Waals surface area contributed by atoms with Crippen molar-refractivity contribution in [1.82, 2.24) is 4.90 Å². The second-order valence-corrected chi connectivity index (χ2v) is 6.86. The zero-order chi connectivity index (χ0) is 17.1. The molecule has 4 heteroatoms. The fraction of sp³-hybridized carbons (Fsp3) is 0.381. The van der Waals surface area contributed by atoms with E-state index < -0.39 is 0 Å². The van der Waals surface area contributed by atoms with Crippen molar-refractivity contribution < 1.29 is 9.53 Å². The van der Waals surface area contributed by atoms with Crippen LogP contribution in [-0.4, -0.2) is 37.1 Å². The zero-order valence-corrected chi connectivity index (χ0v) is 14.4. The lowest BCUT2D eigenvalue weighted by molar-refractivity contribution is -0.117. The predicted octanol–water partition coefficient (Wildman–Crippen LogP) is 3.19. The van der Waals surface area contributed by atoms with Crippen LogP contribution in [0, 0.1) is 0 Å². The third kappa shape index (κ3) is 3.75. The summed E-state index contributed by atoms with van der Waals surface area (Å²) in [5.41, 5.74) is 4.64. The van der Waals surface area contributed by atoms with E-state index in [1.165, 1.54) is 16.7 Å². The third-order valence-electron chi connectivity index (χ3n) is 5.18. The summed E-state index contributed by atoms with van der Waals surface area (Å²) in [5, 5.41) is 3.08. The van der Waals surface area contributed by atoms with Crippen molar-refractivity contribution in [2.24, 2.45) is 0 Å². The minimum atomic E-state index is -0.0239. The molecule has 1 amide bonds. The molecule has 0 bridgehead atoms. The van der Waals surface area contributed by atoms with Crippen molar-refractivity contribution in [3.63, 3.8) is 0 Å². The van der Waals surface area contributed by atoms with E-state index in [2.05, 4.69) is 34.5 Å². The monoisotopic (exact) mass is 336 g/mol. The number of hydrogen-bond donors (Lipinski definition) is 1. The molecule has 0 saturated carbocycles. The van der Waals surface area contributed by atoms with E-state index >= 15 is 0 Å². The van der Waals surface area contributed by atoms with E-state index in [9.17, 15) is 4.79 Å². The van der Waals surface area contributed by atoms with E-state index in [1.54, 1.807) is 0 Å². The topological polar surface area (TPSA) is 41.6 Å². The van der Waals surface area contributed by atoms with Gasteiger partial charge in [0, 0.05) is 25.3 Å². The highest BCUT2D eigenvalue weighted by atomic mass is 16.5. The smallest absolute Gasteiger partial charge is 0.231 e. The van der Waals surface area contributed by atoms with E-state index in [4.69, 9.17) is 4.74 Å². The Morgan fingerprint density at radius 1 is 1.08 bits per heavy atom. The van der Waals surface area contributed by atoms with E-state index in [0.717, 1.165) is 51.4 Å². The lowest BCUT2D eigenvalue weighted by atomic mass is 10.0. The summed E-state index contributed by atoms with van der Waals surface area (Å²) in [7, 11) is 0. The van der Waals surface area contributed by atoms with Crippen molar-refractivity contribution in [3.05, 3.63) is 65.2 Å². The number of fused-ring (bicyclic) bond motifs is 1. The standard InChI is InChI=1S/C21H24N2O2/c24-21(20-10-7-17-3-1-2-4-19(17)20)22-18-8-5-16(6-9-18)15-23-11-13-25-14-12-23/h1-6,8-9,20H,7,10-15H2,(H,22,24)/t20-/m1/s1. The number of rotatable bonds is 4. The van der Waals surface area contributed by atoms with Gasteiger partial charge in [0.15, 0.2) is 0 Å². The third-order valence-corrected chi connectivity index (χ3v) is 5.18. The lowest BCUT2D eigenvalue weighted by Crippen LogP contribution is -2.35. The van der Waals surface area contributed by atoms with Crippen molar-refractivity contribution in [2.45, 2.75) is 25.3 Å². The highest BCUT2D eigenvalue weighted by Crippen LogP contribution is 2.33. The first kappa shape index (κ1) is 16.3. The summed E-state index contributed by atoms with van der Waals surface area (Å²) in [6, 6.07) is 16.5. The molecular weight excluding hydrogens is 312 g/mol. The first-order valence-electron chi connectivity index (χ1n) is 9.07. The van der Waals surface area contributed by atoms with Gasteiger partial charge in [-0.15, -0.1) is 0 Å². The zero-order valence-electron chi connectivity index (χ0n) is 14.4. The number of benzene rings is 2. The molecule has 0 spiro atoms. The number of carbonyl (C=O) groups excluding carboxylic acids is 1. The highest BCUT2D eigenvalue weighted by Gasteiger charge is 2.28. The number of carbonyl (C=O) groups is 1. The number of ether oxygens (including phenoxy) is 1. The fourth-order valence-corrected chi connectivity index (χ4v) is 3.77. The normalized spacial score (nSPS) is 20.2. The van der Waals surface area contributed by atoms with Crippen LogP contribution in [0.4, 0.5) is 5.69 Å². The molecule has 0 unspecified atom stereocenters. The molecule has 0 radical (unpaired) electrons. The van der Waals surface area contributed by atoms with Gasteiger partial charge in [0.25, 0.3) is 0 Å². The second-order valence-electron chi connectivity index (χ2n) is 6.86. The molecule has 2 aromatic carbocycles. The summed E-state index contributed by atoms with van der Waals surface area (Å²) in [6.45, 7) is 4.54. The van der Waals surface area contributed by atoms with Gasteiger partial charge in [-0.25, -0.2) is 0 Å². The molecule has 130 valence electrons. The maximum Gasteiger partial charge on any atom is 0.231 e. The van der Waals surface area contributed by atoms with Gasteiger partial charge >= 0.3 is 0 Å². The van der Waals surface area contributed by atoms with Crippen LogP contribution in [0.25, 0.3) is 0 Å². The molecule has 1 atom stereocenters. The largest absolute Gasteiger partial charge is 0.379 e. The number of nitrogens with zero attached hydrogens (tertiary/aromatic N) is 1.